The summed E-state index contributed by atoms with van der Waals surface area (Å²) in [5.41, 5.74) is -0.276. The quantitative estimate of drug-likeness (QED) is 0.765. The first kappa shape index (κ1) is 16.8. The van der Waals surface area contributed by atoms with Crippen LogP contribution >= 0.6 is 0 Å². The molecule has 8 heteroatoms. The number of nitrogens with zero attached hydrogens (tertiary/aromatic N) is 2. The van der Waals surface area contributed by atoms with Gasteiger partial charge in [0, 0.05) is 26.5 Å². The summed E-state index contributed by atoms with van der Waals surface area (Å²) in [6.45, 7) is 0.963. The summed E-state index contributed by atoms with van der Waals surface area (Å²) < 4.78 is 32.0. The Morgan fingerprint density at radius 2 is 2.00 bits per heavy atom. The monoisotopic (exact) mass is 322 g/mol. The van der Waals surface area contributed by atoms with Gasteiger partial charge in [-0.15, -0.1) is 0 Å². The smallest absolute Gasteiger partial charge is 0.270 e. The van der Waals surface area contributed by atoms with E-state index in [-0.39, 0.29) is 17.3 Å². The maximum absolute atomic E-state index is 13.6. The average molecular weight is 322 g/mol. The van der Waals surface area contributed by atoms with Crippen molar-refractivity contribution in [3.8, 4) is 0 Å². The number of halogens is 2. The Labute approximate surface area is 131 Å². The van der Waals surface area contributed by atoms with Crippen molar-refractivity contribution in [3.05, 3.63) is 47.8 Å². The number of methoxy groups -OCH3 is 1. The molecular formula is C15H16F2N4O2. The summed E-state index contributed by atoms with van der Waals surface area (Å²) in [6, 6.07) is 4.88. The third-order valence-electron chi connectivity index (χ3n) is 2.90. The van der Waals surface area contributed by atoms with E-state index in [2.05, 4.69) is 20.6 Å². The molecule has 2 N–H and O–H groups in total. The minimum Gasteiger partial charge on any atom is -0.385 e. The summed E-state index contributed by atoms with van der Waals surface area (Å²) in [6.07, 6.45) is 2.00. The first-order valence-electron chi connectivity index (χ1n) is 6.93. The third kappa shape index (κ3) is 4.68. The Morgan fingerprint density at radius 1 is 1.26 bits per heavy atom. The van der Waals surface area contributed by atoms with Gasteiger partial charge in [-0.1, -0.05) is 6.07 Å². The number of amides is 1. The van der Waals surface area contributed by atoms with Gasteiger partial charge in [0.2, 0.25) is 5.95 Å². The lowest BCUT2D eigenvalue weighted by Gasteiger charge is -2.08. The number of para-hydroxylation sites is 1. The van der Waals surface area contributed by atoms with Crippen LogP contribution in [0.25, 0.3) is 0 Å². The second-order valence-electron chi connectivity index (χ2n) is 4.59. The molecule has 0 saturated carbocycles. The number of nitrogens with one attached hydrogen (secondary N) is 2. The topological polar surface area (TPSA) is 76.1 Å². The highest BCUT2D eigenvalue weighted by Gasteiger charge is 2.12. The van der Waals surface area contributed by atoms with E-state index < -0.39 is 17.5 Å². The van der Waals surface area contributed by atoms with Crippen molar-refractivity contribution in [2.45, 2.75) is 6.42 Å². The van der Waals surface area contributed by atoms with Gasteiger partial charge in [-0.25, -0.2) is 18.7 Å². The normalized spacial score (nSPS) is 10.4. The van der Waals surface area contributed by atoms with Gasteiger partial charge in [0.25, 0.3) is 5.91 Å². The highest BCUT2D eigenvalue weighted by atomic mass is 19.1. The van der Waals surface area contributed by atoms with Gasteiger partial charge in [0.05, 0.1) is 0 Å². The van der Waals surface area contributed by atoms with Gasteiger partial charge in [-0.2, -0.15) is 0 Å². The number of aromatic nitrogens is 2. The molecule has 0 aliphatic heterocycles. The van der Waals surface area contributed by atoms with Crippen LogP contribution in [0.2, 0.25) is 0 Å². The zero-order valence-electron chi connectivity index (χ0n) is 12.5. The molecule has 0 unspecified atom stereocenters. The molecule has 0 bridgehead atoms. The van der Waals surface area contributed by atoms with Gasteiger partial charge in [0.15, 0.2) is 0 Å². The second kappa shape index (κ2) is 8.14. The molecule has 0 radical (unpaired) electrons. The van der Waals surface area contributed by atoms with Gasteiger partial charge in [-0.3, -0.25) is 4.79 Å². The van der Waals surface area contributed by atoms with E-state index in [9.17, 15) is 13.6 Å². The van der Waals surface area contributed by atoms with Gasteiger partial charge in [-0.05, 0) is 24.6 Å². The Kier molecular flexibility index (Phi) is 5.93. The molecule has 0 atom stereocenters. The predicted molar refractivity (Wildman–Crippen MR) is 80.5 cm³/mol. The molecule has 2 rings (SSSR count). The Balaban J connectivity index is 2.06. The molecule has 6 nitrogen and oxygen atoms in total. The van der Waals surface area contributed by atoms with E-state index in [0.29, 0.717) is 19.6 Å². The standard InChI is InChI=1S/C15H16F2N4O2/c1-23-9-3-7-18-14(22)12-6-8-19-15(20-12)21-13-10(16)4-2-5-11(13)17/h2,4-6,8H,3,7,9H2,1H3,(H,18,22)(H,19,20,21). The van der Waals surface area contributed by atoms with Crippen LogP contribution in [0.3, 0.4) is 0 Å². The second-order valence-corrected chi connectivity index (χ2v) is 4.59. The number of carbonyl (C=O) groups is 1. The lowest BCUT2D eigenvalue weighted by molar-refractivity contribution is 0.0943. The fraction of sp³-hybridized carbons (Fsp3) is 0.267. The molecule has 1 aromatic heterocycles. The molecule has 1 aromatic carbocycles. The molecule has 23 heavy (non-hydrogen) atoms. The fourth-order valence-electron chi connectivity index (χ4n) is 1.78. The van der Waals surface area contributed by atoms with Crippen LogP contribution in [0.15, 0.2) is 30.5 Å². The minimum atomic E-state index is -0.775. The Bertz CT molecular complexity index is 662. The summed E-state index contributed by atoms with van der Waals surface area (Å²) in [5, 5.41) is 5.10. The van der Waals surface area contributed by atoms with E-state index >= 15 is 0 Å². The molecule has 1 heterocycles. The van der Waals surface area contributed by atoms with Crippen molar-refractivity contribution in [1.29, 1.82) is 0 Å². The molecule has 0 fully saturated rings. The average Bonchev–Trinajstić information content (AvgIpc) is 2.55. The zero-order valence-corrected chi connectivity index (χ0v) is 12.5. The number of ether oxygens (including phenoxy) is 1. The molecule has 0 spiro atoms. The van der Waals surface area contributed by atoms with E-state index in [1.807, 2.05) is 0 Å². The summed E-state index contributed by atoms with van der Waals surface area (Å²) in [4.78, 5) is 19.7. The molecule has 2 aromatic rings. The van der Waals surface area contributed by atoms with Crippen LogP contribution in [0.1, 0.15) is 16.9 Å². The molecular weight excluding hydrogens is 306 g/mol. The predicted octanol–water partition coefficient (Wildman–Crippen LogP) is 2.26. The first-order valence-corrected chi connectivity index (χ1v) is 6.93. The van der Waals surface area contributed by atoms with Gasteiger partial charge < -0.3 is 15.4 Å². The lowest BCUT2D eigenvalue weighted by atomic mass is 10.3. The van der Waals surface area contributed by atoms with Crippen LogP contribution in [0.4, 0.5) is 20.4 Å². The highest BCUT2D eigenvalue weighted by molar-refractivity contribution is 5.92. The van der Waals surface area contributed by atoms with E-state index in [0.717, 1.165) is 12.1 Å². The number of rotatable bonds is 7. The van der Waals surface area contributed by atoms with Crippen LogP contribution in [-0.4, -0.2) is 36.1 Å². The summed E-state index contributed by atoms with van der Waals surface area (Å²) >= 11 is 0. The largest absolute Gasteiger partial charge is 0.385 e. The lowest BCUT2D eigenvalue weighted by Crippen LogP contribution is -2.26. The molecule has 0 aliphatic carbocycles. The number of carbonyl (C=O) groups excluding carboxylic acids is 1. The van der Waals surface area contributed by atoms with E-state index in [4.69, 9.17) is 4.74 Å². The number of anilines is 2. The number of benzene rings is 1. The van der Waals surface area contributed by atoms with Crippen molar-refractivity contribution in [2.75, 3.05) is 25.6 Å². The minimum absolute atomic E-state index is 0.0708. The van der Waals surface area contributed by atoms with Crippen LogP contribution in [-0.2, 0) is 4.74 Å². The van der Waals surface area contributed by atoms with Crippen LogP contribution in [0, 0.1) is 11.6 Å². The number of hydrogen-bond donors (Lipinski definition) is 2. The molecule has 122 valence electrons. The van der Waals surface area contributed by atoms with Crippen molar-refractivity contribution < 1.29 is 18.3 Å². The third-order valence-corrected chi connectivity index (χ3v) is 2.90. The Morgan fingerprint density at radius 3 is 2.70 bits per heavy atom. The summed E-state index contributed by atoms with van der Waals surface area (Å²) in [7, 11) is 1.58. The molecule has 0 aliphatic rings. The van der Waals surface area contributed by atoms with E-state index in [1.54, 1.807) is 7.11 Å². The maximum atomic E-state index is 13.6. The first-order chi connectivity index (χ1) is 11.1. The van der Waals surface area contributed by atoms with Crippen molar-refractivity contribution in [2.24, 2.45) is 0 Å². The number of hydrogen-bond acceptors (Lipinski definition) is 5. The van der Waals surface area contributed by atoms with Crippen LogP contribution < -0.4 is 10.6 Å². The van der Waals surface area contributed by atoms with Crippen molar-refractivity contribution >= 4 is 17.5 Å². The fourth-order valence-corrected chi connectivity index (χ4v) is 1.78. The zero-order chi connectivity index (χ0) is 16.7. The Hall–Kier alpha value is -2.61. The SMILES string of the molecule is COCCCNC(=O)c1ccnc(Nc2c(F)cccc2F)n1. The van der Waals surface area contributed by atoms with Crippen molar-refractivity contribution in [1.82, 2.24) is 15.3 Å². The van der Waals surface area contributed by atoms with E-state index in [1.165, 1.54) is 18.3 Å². The maximum Gasteiger partial charge on any atom is 0.270 e. The highest BCUT2D eigenvalue weighted by Crippen LogP contribution is 2.20. The van der Waals surface area contributed by atoms with Gasteiger partial charge in [0.1, 0.15) is 23.0 Å². The summed E-state index contributed by atoms with van der Waals surface area (Å²) in [5.74, 6) is -2.02. The van der Waals surface area contributed by atoms with Crippen LogP contribution in [0.5, 0.6) is 0 Å². The molecule has 0 saturated heterocycles. The molecule has 1 amide bonds. The van der Waals surface area contributed by atoms with Gasteiger partial charge >= 0.3 is 0 Å². The van der Waals surface area contributed by atoms with Crippen molar-refractivity contribution in [3.63, 3.8) is 0 Å².